The van der Waals surface area contributed by atoms with Gasteiger partial charge in [0.25, 0.3) is 0 Å². The van der Waals surface area contributed by atoms with Crippen molar-refractivity contribution in [1.82, 2.24) is 4.90 Å². The number of rotatable bonds is 9. The minimum absolute atomic E-state index is 0. The molecule has 23 heavy (non-hydrogen) atoms. The first kappa shape index (κ1) is 19.4. The van der Waals surface area contributed by atoms with Crippen LogP contribution in [-0.2, 0) is 6.42 Å². The second-order valence-corrected chi connectivity index (χ2v) is 5.14. The third-order valence-corrected chi connectivity index (χ3v) is 3.51. The molecule has 0 aliphatic heterocycles. The van der Waals surface area contributed by atoms with E-state index in [1.165, 1.54) is 11.6 Å². The Balaban J connectivity index is 0.00000264. The molecule has 0 aromatic heterocycles. The molecule has 2 aromatic carbocycles. The Labute approximate surface area is 143 Å². The van der Waals surface area contributed by atoms with Crippen LogP contribution in [-0.4, -0.2) is 37.7 Å². The highest BCUT2D eigenvalue weighted by Crippen LogP contribution is 2.15. The molecule has 0 saturated heterocycles. The third-order valence-electron chi connectivity index (χ3n) is 3.51. The third kappa shape index (κ3) is 6.99. The number of para-hydroxylation sites is 1. The molecule has 0 bridgehead atoms. The fourth-order valence-electron chi connectivity index (χ4n) is 2.30. The van der Waals surface area contributed by atoms with E-state index in [-0.39, 0.29) is 18.2 Å². The SMILES string of the molecule is Cl.NCCN(CCOc1ccccc1F)CCc1ccccc1. The van der Waals surface area contributed by atoms with Crippen LogP contribution in [0.2, 0.25) is 0 Å². The maximum absolute atomic E-state index is 13.5. The summed E-state index contributed by atoms with van der Waals surface area (Å²) in [6.07, 6.45) is 0.973. The highest BCUT2D eigenvalue weighted by Gasteiger charge is 2.06. The molecule has 0 spiro atoms. The van der Waals surface area contributed by atoms with Crippen molar-refractivity contribution in [3.63, 3.8) is 0 Å². The van der Waals surface area contributed by atoms with E-state index in [9.17, 15) is 4.39 Å². The normalized spacial score (nSPS) is 10.4. The molecule has 2 rings (SSSR count). The molecular formula is C18H24ClFN2O. The minimum Gasteiger partial charge on any atom is -0.489 e. The van der Waals surface area contributed by atoms with Crippen molar-refractivity contribution in [3.05, 3.63) is 66.0 Å². The Morgan fingerprint density at radius 3 is 2.30 bits per heavy atom. The van der Waals surface area contributed by atoms with E-state index < -0.39 is 0 Å². The van der Waals surface area contributed by atoms with E-state index in [0.717, 1.165) is 26.1 Å². The highest BCUT2D eigenvalue weighted by molar-refractivity contribution is 5.85. The standard InChI is InChI=1S/C18H23FN2O.ClH/c19-17-8-4-5-9-18(17)22-15-14-21(13-11-20)12-10-16-6-2-1-3-7-16;/h1-9H,10-15,20H2;1H. The van der Waals surface area contributed by atoms with E-state index >= 15 is 0 Å². The average molecular weight is 339 g/mol. The summed E-state index contributed by atoms with van der Waals surface area (Å²) in [6.45, 7) is 3.53. The lowest BCUT2D eigenvalue weighted by Gasteiger charge is -2.21. The van der Waals surface area contributed by atoms with Crippen LogP contribution in [0.4, 0.5) is 4.39 Å². The maximum atomic E-state index is 13.5. The quantitative estimate of drug-likeness (QED) is 0.763. The molecule has 0 amide bonds. The molecule has 2 aromatic rings. The average Bonchev–Trinajstić information content (AvgIpc) is 2.55. The molecule has 0 fully saturated rings. The summed E-state index contributed by atoms with van der Waals surface area (Å²) in [5.41, 5.74) is 6.97. The lowest BCUT2D eigenvalue weighted by atomic mass is 10.1. The van der Waals surface area contributed by atoms with Crippen LogP contribution in [0.5, 0.6) is 5.75 Å². The molecule has 2 N–H and O–H groups in total. The van der Waals surface area contributed by atoms with Gasteiger partial charge in [-0.05, 0) is 24.1 Å². The van der Waals surface area contributed by atoms with Crippen molar-refractivity contribution in [2.24, 2.45) is 5.73 Å². The van der Waals surface area contributed by atoms with Crippen LogP contribution < -0.4 is 10.5 Å². The molecule has 0 heterocycles. The molecule has 0 unspecified atom stereocenters. The number of hydrogen-bond acceptors (Lipinski definition) is 3. The zero-order chi connectivity index (χ0) is 15.6. The summed E-state index contributed by atoms with van der Waals surface area (Å²) in [5, 5.41) is 0. The molecule has 0 saturated carbocycles. The van der Waals surface area contributed by atoms with Gasteiger partial charge in [-0.25, -0.2) is 4.39 Å². The Bertz CT molecular complexity index is 554. The fourth-order valence-corrected chi connectivity index (χ4v) is 2.30. The van der Waals surface area contributed by atoms with Crippen molar-refractivity contribution in [2.45, 2.75) is 6.42 Å². The zero-order valence-corrected chi connectivity index (χ0v) is 14.0. The van der Waals surface area contributed by atoms with Gasteiger partial charge in [-0.15, -0.1) is 12.4 Å². The van der Waals surface area contributed by atoms with Gasteiger partial charge in [-0.2, -0.15) is 0 Å². The molecule has 5 heteroatoms. The molecular weight excluding hydrogens is 315 g/mol. The van der Waals surface area contributed by atoms with Crippen molar-refractivity contribution in [1.29, 1.82) is 0 Å². The Morgan fingerprint density at radius 2 is 1.61 bits per heavy atom. The van der Waals surface area contributed by atoms with Gasteiger partial charge in [0.15, 0.2) is 11.6 Å². The first-order chi connectivity index (χ1) is 10.8. The number of nitrogens with zero attached hydrogens (tertiary/aromatic N) is 1. The van der Waals surface area contributed by atoms with E-state index in [1.54, 1.807) is 18.2 Å². The van der Waals surface area contributed by atoms with E-state index in [4.69, 9.17) is 10.5 Å². The molecule has 0 atom stereocenters. The van der Waals surface area contributed by atoms with Crippen LogP contribution in [0.25, 0.3) is 0 Å². The van der Waals surface area contributed by atoms with Gasteiger partial charge in [-0.1, -0.05) is 42.5 Å². The summed E-state index contributed by atoms with van der Waals surface area (Å²) in [7, 11) is 0. The van der Waals surface area contributed by atoms with Gasteiger partial charge in [0, 0.05) is 26.2 Å². The second kappa shape index (κ2) is 11.0. The van der Waals surface area contributed by atoms with Gasteiger partial charge in [0.1, 0.15) is 6.61 Å². The number of ether oxygens (including phenoxy) is 1. The molecule has 0 aliphatic rings. The molecule has 126 valence electrons. The maximum Gasteiger partial charge on any atom is 0.165 e. The van der Waals surface area contributed by atoms with Gasteiger partial charge in [0.2, 0.25) is 0 Å². The van der Waals surface area contributed by atoms with Crippen LogP contribution in [0, 0.1) is 5.82 Å². The summed E-state index contributed by atoms with van der Waals surface area (Å²) < 4.78 is 19.0. The fraction of sp³-hybridized carbons (Fsp3) is 0.333. The van der Waals surface area contributed by atoms with Crippen LogP contribution >= 0.6 is 12.4 Å². The first-order valence-corrected chi connectivity index (χ1v) is 7.63. The van der Waals surface area contributed by atoms with Gasteiger partial charge >= 0.3 is 0 Å². The number of benzene rings is 2. The highest BCUT2D eigenvalue weighted by atomic mass is 35.5. The van der Waals surface area contributed by atoms with Crippen molar-refractivity contribution >= 4 is 12.4 Å². The second-order valence-electron chi connectivity index (χ2n) is 5.14. The topological polar surface area (TPSA) is 38.5 Å². The predicted molar refractivity (Wildman–Crippen MR) is 94.8 cm³/mol. The smallest absolute Gasteiger partial charge is 0.165 e. The predicted octanol–water partition coefficient (Wildman–Crippen LogP) is 3.13. The summed E-state index contributed by atoms with van der Waals surface area (Å²) in [4.78, 5) is 2.24. The van der Waals surface area contributed by atoms with E-state index in [2.05, 4.69) is 17.0 Å². The zero-order valence-electron chi connectivity index (χ0n) is 13.2. The molecule has 3 nitrogen and oxygen atoms in total. The minimum atomic E-state index is -0.322. The summed E-state index contributed by atoms with van der Waals surface area (Å²) in [6, 6.07) is 16.8. The summed E-state index contributed by atoms with van der Waals surface area (Å²) >= 11 is 0. The lowest BCUT2D eigenvalue weighted by molar-refractivity contribution is 0.209. The molecule has 0 radical (unpaired) electrons. The number of nitrogens with two attached hydrogens (primary N) is 1. The molecule has 0 aliphatic carbocycles. The first-order valence-electron chi connectivity index (χ1n) is 7.63. The van der Waals surface area contributed by atoms with Crippen LogP contribution in [0.15, 0.2) is 54.6 Å². The van der Waals surface area contributed by atoms with Gasteiger partial charge < -0.3 is 10.5 Å². The van der Waals surface area contributed by atoms with E-state index in [1.807, 2.05) is 18.2 Å². The lowest BCUT2D eigenvalue weighted by Crippen LogP contribution is -2.34. The Hall–Kier alpha value is -1.62. The Morgan fingerprint density at radius 1 is 0.913 bits per heavy atom. The monoisotopic (exact) mass is 338 g/mol. The summed E-state index contributed by atoms with van der Waals surface area (Å²) in [5.74, 6) is -0.0181. The van der Waals surface area contributed by atoms with E-state index in [0.29, 0.717) is 18.9 Å². The van der Waals surface area contributed by atoms with Gasteiger partial charge in [-0.3, -0.25) is 4.90 Å². The van der Waals surface area contributed by atoms with Crippen LogP contribution in [0.3, 0.4) is 0 Å². The van der Waals surface area contributed by atoms with Crippen molar-refractivity contribution in [3.8, 4) is 5.75 Å². The number of hydrogen-bond donors (Lipinski definition) is 1. The van der Waals surface area contributed by atoms with Gasteiger partial charge in [0.05, 0.1) is 0 Å². The van der Waals surface area contributed by atoms with Crippen molar-refractivity contribution < 1.29 is 9.13 Å². The number of halogens is 2. The van der Waals surface area contributed by atoms with Crippen molar-refractivity contribution in [2.75, 3.05) is 32.8 Å². The largest absolute Gasteiger partial charge is 0.489 e. The van der Waals surface area contributed by atoms with Crippen LogP contribution in [0.1, 0.15) is 5.56 Å². The Kier molecular flexibility index (Phi) is 9.29.